The minimum absolute atomic E-state index is 0.0347. The summed E-state index contributed by atoms with van der Waals surface area (Å²) in [5.41, 5.74) is 5.83. The Hall–Kier alpha value is -1.06. The van der Waals surface area contributed by atoms with Gasteiger partial charge in [-0.2, -0.15) is 4.99 Å². The lowest BCUT2D eigenvalue weighted by Crippen LogP contribution is -2.45. The van der Waals surface area contributed by atoms with Crippen molar-refractivity contribution < 1.29 is 4.79 Å². The fourth-order valence-corrected chi connectivity index (χ4v) is 2.23. The molecule has 0 radical (unpaired) electrons. The number of amidine groups is 1. The molecule has 4 heteroatoms. The summed E-state index contributed by atoms with van der Waals surface area (Å²) in [5, 5.41) is 0. The van der Waals surface area contributed by atoms with Gasteiger partial charge in [0.2, 0.25) is 0 Å². The molecule has 15 heavy (non-hydrogen) atoms. The summed E-state index contributed by atoms with van der Waals surface area (Å²) in [6.07, 6.45) is 3.01. The molecule has 4 nitrogen and oxygen atoms in total. The first-order valence-corrected chi connectivity index (χ1v) is 5.80. The first-order chi connectivity index (χ1) is 7.15. The van der Waals surface area contributed by atoms with Crippen LogP contribution in [0.3, 0.4) is 0 Å². The second-order valence-corrected chi connectivity index (χ2v) is 4.03. The van der Waals surface area contributed by atoms with E-state index in [1.807, 2.05) is 4.90 Å². The van der Waals surface area contributed by atoms with Crippen molar-refractivity contribution in [2.24, 2.45) is 16.6 Å². The van der Waals surface area contributed by atoms with Gasteiger partial charge in [-0.3, -0.25) is 0 Å². The third-order valence-corrected chi connectivity index (χ3v) is 3.07. The zero-order valence-electron chi connectivity index (χ0n) is 9.86. The SMILES string of the molecule is CCCN1C(=O)N=C(N)C1C(CC)CC. The van der Waals surface area contributed by atoms with Gasteiger partial charge in [0.05, 0.1) is 6.04 Å². The molecular formula is C11H21N3O. The second kappa shape index (κ2) is 5.14. The molecule has 0 fully saturated rings. The summed E-state index contributed by atoms with van der Waals surface area (Å²) in [6, 6.07) is -0.126. The molecule has 1 heterocycles. The van der Waals surface area contributed by atoms with Crippen LogP contribution in [-0.4, -0.2) is 29.4 Å². The molecule has 1 aliphatic rings. The molecule has 0 spiro atoms. The maximum atomic E-state index is 11.6. The van der Waals surface area contributed by atoms with E-state index in [0.29, 0.717) is 11.8 Å². The number of carbonyl (C=O) groups excluding carboxylic acids is 1. The predicted molar refractivity (Wildman–Crippen MR) is 61.9 cm³/mol. The lowest BCUT2D eigenvalue weighted by atomic mass is 9.93. The number of urea groups is 1. The van der Waals surface area contributed by atoms with Crippen LogP contribution in [0.4, 0.5) is 4.79 Å². The first-order valence-electron chi connectivity index (χ1n) is 5.80. The number of hydrogen-bond acceptors (Lipinski definition) is 2. The predicted octanol–water partition coefficient (Wildman–Crippen LogP) is 1.99. The van der Waals surface area contributed by atoms with Crippen LogP contribution in [0.2, 0.25) is 0 Å². The Morgan fingerprint density at radius 1 is 1.40 bits per heavy atom. The Kier molecular flexibility index (Phi) is 4.12. The Balaban J connectivity index is 2.82. The smallest absolute Gasteiger partial charge is 0.345 e. The molecule has 1 unspecified atom stereocenters. The van der Waals surface area contributed by atoms with Crippen LogP contribution in [0, 0.1) is 5.92 Å². The van der Waals surface area contributed by atoms with E-state index in [1.54, 1.807) is 0 Å². The molecule has 2 N–H and O–H groups in total. The van der Waals surface area contributed by atoms with Gasteiger partial charge in [-0.25, -0.2) is 4.79 Å². The highest BCUT2D eigenvalue weighted by atomic mass is 16.2. The minimum Gasteiger partial charge on any atom is -0.385 e. The summed E-state index contributed by atoms with van der Waals surface area (Å²) in [6.45, 7) is 7.08. The lowest BCUT2D eigenvalue weighted by molar-refractivity contribution is 0.187. The van der Waals surface area contributed by atoms with Crippen molar-refractivity contribution in [3.63, 3.8) is 0 Å². The fraction of sp³-hybridized carbons (Fsp3) is 0.818. The van der Waals surface area contributed by atoms with Gasteiger partial charge in [0.25, 0.3) is 0 Å². The molecule has 1 rings (SSSR count). The van der Waals surface area contributed by atoms with E-state index in [1.165, 1.54) is 0 Å². The van der Waals surface area contributed by atoms with Crippen molar-refractivity contribution in [1.29, 1.82) is 0 Å². The van der Waals surface area contributed by atoms with E-state index in [4.69, 9.17) is 5.73 Å². The van der Waals surface area contributed by atoms with E-state index < -0.39 is 0 Å². The number of hydrogen-bond donors (Lipinski definition) is 1. The monoisotopic (exact) mass is 211 g/mol. The summed E-state index contributed by atoms with van der Waals surface area (Å²) >= 11 is 0. The van der Waals surface area contributed by atoms with E-state index in [-0.39, 0.29) is 12.1 Å². The number of aliphatic imine (C=N–C) groups is 1. The number of nitrogens with two attached hydrogens (primary N) is 1. The number of amides is 2. The molecule has 0 aromatic carbocycles. The highest BCUT2D eigenvalue weighted by molar-refractivity contribution is 6.02. The van der Waals surface area contributed by atoms with Crippen molar-refractivity contribution in [3.05, 3.63) is 0 Å². The molecule has 0 bridgehead atoms. The Morgan fingerprint density at radius 3 is 2.47 bits per heavy atom. The van der Waals surface area contributed by atoms with Gasteiger partial charge in [-0.05, 0) is 12.3 Å². The molecule has 0 saturated carbocycles. The molecule has 0 saturated heterocycles. The fourth-order valence-electron chi connectivity index (χ4n) is 2.23. The molecule has 0 aromatic rings. The van der Waals surface area contributed by atoms with Crippen molar-refractivity contribution in [2.45, 2.75) is 46.1 Å². The van der Waals surface area contributed by atoms with Gasteiger partial charge in [0.15, 0.2) is 0 Å². The van der Waals surface area contributed by atoms with E-state index >= 15 is 0 Å². The maximum Gasteiger partial charge on any atom is 0.345 e. The summed E-state index contributed by atoms with van der Waals surface area (Å²) in [5.74, 6) is 0.939. The van der Waals surface area contributed by atoms with Crippen LogP contribution < -0.4 is 5.73 Å². The molecule has 0 aromatic heterocycles. The summed E-state index contributed by atoms with van der Waals surface area (Å²) in [4.78, 5) is 17.3. The Labute approximate surface area is 91.5 Å². The highest BCUT2D eigenvalue weighted by Crippen LogP contribution is 2.24. The number of carbonyl (C=O) groups is 1. The van der Waals surface area contributed by atoms with Gasteiger partial charge in [0, 0.05) is 6.54 Å². The Morgan fingerprint density at radius 2 is 2.00 bits per heavy atom. The van der Waals surface area contributed by atoms with Crippen molar-refractivity contribution >= 4 is 11.9 Å². The van der Waals surface area contributed by atoms with Crippen LogP contribution in [0.25, 0.3) is 0 Å². The van der Waals surface area contributed by atoms with Crippen LogP contribution in [0.1, 0.15) is 40.0 Å². The third kappa shape index (κ3) is 2.30. The highest BCUT2D eigenvalue weighted by Gasteiger charge is 2.36. The lowest BCUT2D eigenvalue weighted by Gasteiger charge is -2.29. The quantitative estimate of drug-likeness (QED) is 0.756. The topological polar surface area (TPSA) is 58.7 Å². The molecule has 86 valence electrons. The second-order valence-electron chi connectivity index (χ2n) is 4.03. The normalized spacial score (nSPS) is 21.3. The van der Waals surface area contributed by atoms with E-state index in [0.717, 1.165) is 25.8 Å². The van der Waals surface area contributed by atoms with Gasteiger partial charge in [-0.15, -0.1) is 0 Å². The molecule has 2 amide bonds. The minimum atomic E-state index is -0.161. The number of rotatable bonds is 5. The molecule has 1 aliphatic heterocycles. The van der Waals surface area contributed by atoms with Crippen LogP contribution in [0.5, 0.6) is 0 Å². The maximum absolute atomic E-state index is 11.6. The standard InChI is InChI=1S/C11H21N3O/c1-4-7-14-9(8(5-2)6-3)10(12)13-11(14)15/h8-9H,4-7H2,1-3H3,(H2,12,13,15). The first kappa shape index (κ1) is 12.0. The van der Waals surface area contributed by atoms with Gasteiger partial charge in [0.1, 0.15) is 5.84 Å². The van der Waals surface area contributed by atoms with E-state index in [2.05, 4.69) is 25.8 Å². The molecular weight excluding hydrogens is 190 g/mol. The zero-order valence-corrected chi connectivity index (χ0v) is 9.86. The Bertz CT molecular complexity index is 259. The molecule has 1 atom stereocenters. The number of nitrogens with zero attached hydrogens (tertiary/aromatic N) is 2. The van der Waals surface area contributed by atoms with Crippen molar-refractivity contribution in [2.75, 3.05) is 6.54 Å². The van der Waals surface area contributed by atoms with Crippen molar-refractivity contribution in [1.82, 2.24) is 4.90 Å². The van der Waals surface area contributed by atoms with E-state index in [9.17, 15) is 4.79 Å². The van der Waals surface area contributed by atoms with Crippen LogP contribution in [-0.2, 0) is 0 Å². The summed E-state index contributed by atoms with van der Waals surface area (Å²) in [7, 11) is 0. The average Bonchev–Trinajstić information content (AvgIpc) is 2.47. The zero-order chi connectivity index (χ0) is 11.4. The largest absolute Gasteiger partial charge is 0.385 e. The third-order valence-electron chi connectivity index (χ3n) is 3.07. The van der Waals surface area contributed by atoms with Gasteiger partial charge in [-0.1, -0.05) is 33.6 Å². The van der Waals surface area contributed by atoms with Crippen LogP contribution in [0.15, 0.2) is 4.99 Å². The molecule has 0 aliphatic carbocycles. The van der Waals surface area contributed by atoms with Crippen LogP contribution >= 0.6 is 0 Å². The summed E-state index contributed by atoms with van der Waals surface area (Å²) < 4.78 is 0. The van der Waals surface area contributed by atoms with Gasteiger partial charge >= 0.3 is 6.03 Å². The average molecular weight is 211 g/mol. The van der Waals surface area contributed by atoms with Crippen molar-refractivity contribution in [3.8, 4) is 0 Å². The van der Waals surface area contributed by atoms with Gasteiger partial charge < -0.3 is 10.6 Å².